The normalized spacial score (nSPS) is 12.6. The summed E-state index contributed by atoms with van der Waals surface area (Å²) in [5.41, 5.74) is 0. The Bertz CT molecular complexity index is 110. The number of halogens is 1. The van der Waals surface area contributed by atoms with Crippen LogP contribution in [0.4, 0.5) is 0 Å². The Kier molecular flexibility index (Phi) is 6.25. The molecule has 0 rings (SSSR count). The zero-order chi connectivity index (χ0) is 8.74. The highest BCUT2D eigenvalue weighted by molar-refractivity contribution is 9.09. The molecule has 0 saturated heterocycles. The molecule has 0 bridgehead atoms. The van der Waals surface area contributed by atoms with Crippen LogP contribution >= 0.6 is 15.9 Å². The lowest BCUT2D eigenvalue weighted by atomic mass is 10.1. The smallest absolute Gasteiger partial charge is 0.0268 e. The first-order valence-corrected chi connectivity index (χ1v) is 7.12. The van der Waals surface area contributed by atoms with Gasteiger partial charge in [0, 0.05) is 14.8 Å². The fourth-order valence-corrected chi connectivity index (χ4v) is 4.18. The van der Waals surface area contributed by atoms with Crippen molar-refractivity contribution in [1.82, 2.24) is 0 Å². The summed E-state index contributed by atoms with van der Waals surface area (Å²) in [7, 11) is 0.116. The van der Waals surface area contributed by atoms with E-state index in [1.165, 1.54) is 24.2 Å². The molecule has 0 aliphatic heterocycles. The summed E-state index contributed by atoms with van der Waals surface area (Å²) in [5, 5.41) is 1.77. The molecule has 0 radical (unpaired) electrons. The van der Waals surface area contributed by atoms with Gasteiger partial charge < -0.3 is 0 Å². The standard InChI is InChI=1S/C9H19BrSi/c1-4-6-9(2,3)11-8-5-7-10/h4H,1,5-8,11H2,2-3H3. The van der Waals surface area contributed by atoms with E-state index in [0.717, 1.165) is 0 Å². The quantitative estimate of drug-likeness (QED) is 0.287. The number of hydrogen-bond acceptors (Lipinski definition) is 0. The van der Waals surface area contributed by atoms with E-state index in [-0.39, 0.29) is 9.52 Å². The second-order valence-electron chi connectivity index (χ2n) is 3.80. The van der Waals surface area contributed by atoms with Gasteiger partial charge >= 0.3 is 0 Å². The van der Waals surface area contributed by atoms with Crippen LogP contribution in [0, 0.1) is 0 Å². The third kappa shape index (κ3) is 6.82. The zero-order valence-corrected chi connectivity index (χ0v) is 10.7. The van der Waals surface area contributed by atoms with Crippen LogP contribution in [0.15, 0.2) is 12.7 Å². The summed E-state index contributed by atoms with van der Waals surface area (Å²) in [6, 6.07) is 1.46. The van der Waals surface area contributed by atoms with Crippen molar-refractivity contribution in [2.24, 2.45) is 0 Å². The van der Waals surface area contributed by atoms with Crippen molar-refractivity contribution in [2.45, 2.75) is 37.8 Å². The molecule has 0 aromatic heterocycles. The van der Waals surface area contributed by atoms with Gasteiger partial charge in [-0.25, -0.2) is 0 Å². The van der Waals surface area contributed by atoms with Crippen molar-refractivity contribution in [1.29, 1.82) is 0 Å². The number of rotatable bonds is 6. The van der Waals surface area contributed by atoms with Crippen LogP contribution in [0.3, 0.4) is 0 Å². The highest BCUT2D eigenvalue weighted by Gasteiger charge is 2.14. The predicted octanol–water partition coefficient (Wildman–Crippen LogP) is 3.13. The van der Waals surface area contributed by atoms with Gasteiger partial charge in [0.05, 0.1) is 0 Å². The second kappa shape index (κ2) is 6.01. The van der Waals surface area contributed by atoms with E-state index in [1.54, 1.807) is 0 Å². The van der Waals surface area contributed by atoms with E-state index in [2.05, 4.69) is 42.4 Å². The highest BCUT2D eigenvalue weighted by atomic mass is 79.9. The minimum atomic E-state index is 0.116. The molecule has 0 spiro atoms. The van der Waals surface area contributed by atoms with Gasteiger partial charge in [-0.3, -0.25) is 0 Å². The lowest BCUT2D eigenvalue weighted by Gasteiger charge is -2.21. The zero-order valence-electron chi connectivity index (χ0n) is 7.70. The van der Waals surface area contributed by atoms with Gasteiger partial charge in [0.25, 0.3) is 0 Å². The van der Waals surface area contributed by atoms with E-state index < -0.39 is 0 Å². The molecular formula is C9H19BrSi. The summed E-state index contributed by atoms with van der Waals surface area (Å²) in [4.78, 5) is 0. The molecule has 0 atom stereocenters. The first-order chi connectivity index (χ1) is 5.12. The van der Waals surface area contributed by atoms with Crippen molar-refractivity contribution < 1.29 is 0 Å². The fraction of sp³-hybridized carbons (Fsp3) is 0.778. The van der Waals surface area contributed by atoms with Crippen molar-refractivity contribution in [3.05, 3.63) is 12.7 Å². The molecule has 66 valence electrons. The largest absolute Gasteiger partial charge is 0.103 e. The molecule has 0 unspecified atom stereocenters. The van der Waals surface area contributed by atoms with Crippen molar-refractivity contribution in [3.8, 4) is 0 Å². The van der Waals surface area contributed by atoms with Gasteiger partial charge in [0.1, 0.15) is 0 Å². The van der Waals surface area contributed by atoms with Gasteiger partial charge in [-0.1, -0.05) is 41.9 Å². The Morgan fingerprint density at radius 2 is 2.18 bits per heavy atom. The summed E-state index contributed by atoms with van der Waals surface area (Å²) >= 11 is 3.46. The molecule has 0 aromatic rings. The van der Waals surface area contributed by atoms with Crippen LogP contribution in [0.1, 0.15) is 26.7 Å². The maximum atomic E-state index is 3.79. The molecule has 2 heteroatoms. The Morgan fingerprint density at radius 1 is 1.55 bits per heavy atom. The van der Waals surface area contributed by atoms with Crippen molar-refractivity contribution in [2.75, 3.05) is 5.33 Å². The van der Waals surface area contributed by atoms with Gasteiger partial charge in [-0.05, 0) is 17.9 Å². The van der Waals surface area contributed by atoms with Crippen LogP contribution in [-0.2, 0) is 0 Å². The SMILES string of the molecule is C=CCC(C)(C)[SiH2]CCCBr. The van der Waals surface area contributed by atoms with Crippen molar-refractivity contribution >= 4 is 25.4 Å². The molecule has 0 aromatic carbocycles. The van der Waals surface area contributed by atoms with Crippen LogP contribution in [0.2, 0.25) is 11.1 Å². The first kappa shape index (κ1) is 11.4. The highest BCUT2D eigenvalue weighted by Crippen LogP contribution is 2.29. The molecule has 0 fully saturated rings. The Labute approximate surface area is 81.4 Å². The van der Waals surface area contributed by atoms with Crippen molar-refractivity contribution in [3.63, 3.8) is 0 Å². The van der Waals surface area contributed by atoms with E-state index in [0.29, 0.717) is 5.04 Å². The van der Waals surface area contributed by atoms with Crippen LogP contribution < -0.4 is 0 Å². The average molecular weight is 235 g/mol. The molecular weight excluding hydrogens is 216 g/mol. The minimum Gasteiger partial charge on any atom is -0.103 e. The lowest BCUT2D eigenvalue weighted by molar-refractivity contribution is 0.677. The van der Waals surface area contributed by atoms with Gasteiger partial charge in [-0.15, -0.1) is 6.58 Å². The van der Waals surface area contributed by atoms with E-state index in [9.17, 15) is 0 Å². The number of hydrogen-bond donors (Lipinski definition) is 0. The maximum Gasteiger partial charge on any atom is 0.0268 e. The molecule has 0 aliphatic carbocycles. The summed E-state index contributed by atoms with van der Waals surface area (Å²) < 4.78 is 0. The molecule has 0 saturated carbocycles. The molecule has 0 nitrogen and oxygen atoms in total. The topological polar surface area (TPSA) is 0 Å². The molecule has 0 amide bonds. The molecule has 0 N–H and O–H groups in total. The van der Waals surface area contributed by atoms with E-state index in [1.807, 2.05) is 0 Å². The van der Waals surface area contributed by atoms with Crippen LogP contribution in [0.5, 0.6) is 0 Å². The van der Waals surface area contributed by atoms with Crippen LogP contribution in [-0.4, -0.2) is 14.8 Å². The van der Waals surface area contributed by atoms with Crippen LogP contribution in [0.25, 0.3) is 0 Å². The number of allylic oxidation sites excluding steroid dienone is 1. The molecule has 11 heavy (non-hydrogen) atoms. The molecule has 0 aliphatic rings. The summed E-state index contributed by atoms with van der Waals surface area (Å²) in [5.74, 6) is 0. The lowest BCUT2D eigenvalue weighted by Crippen LogP contribution is -2.11. The summed E-state index contributed by atoms with van der Waals surface area (Å²) in [6.45, 7) is 8.53. The Balaban J connectivity index is 3.45. The Hall–Kier alpha value is 0.437. The fourth-order valence-electron chi connectivity index (χ4n) is 1.19. The predicted molar refractivity (Wildman–Crippen MR) is 60.6 cm³/mol. The molecule has 0 heterocycles. The van der Waals surface area contributed by atoms with Gasteiger partial charge in [0.2, 0.25) is 0 Å². The summed E-state index contributed by atoms with van der Waals surface area (Å²) in [6.07, 6.45) is 4.61. The Morgan fingerprint density at radius 3 is 2.64 bits per heavy atom. The minimum absolute atomic E-state index is 0.116. The second-order valence-corrected chi connectivity index (χ2v) is 7.72. The average Bonchev–Trinajstić information content (AvgIpc) is 1.87. The first-order valence-electron chi connectivity index (χ1n) is 4.29. The third-order valence-electron chi connectivity index (χ3n) is 1.93. The van der Waals surface area contributed by atoms with Gasteiger partial charge in [0.15, 0.2) is 0 Å². The monoisotopic (exact) mass is 234 g/mol. The maximum absolute atomic E-state index is 3.79. The third-order valence-corrected chi connectivity index (χ3v) is 4.99. The van der Waals surface area contributed by atoms with E-state index in [4.69, 9.17) is 0 Å². The van der Waals surface area contributed by atoms with E-state index >= 15 is 0 Å². The van der Waals surface area contributed by atoms with Gasteiger partial charge in [-0.2, -0.15) is 0 Å². The number of alkyl halides is 1.